The Balaban J connectivity index is 2.01. The van der Waals surface area contributed by atoms with Crippen molar-refractivity contribution in [1.82, 2.24) is 9.36 Å². The molecule has 0 unspecified atom stereocenters. The highest BCUT2D eigenvalue weighted by molar-refractivity contribution is 7.09. The average molecular weight is 275 g/mol. The number of aromatic nitrogens is 2. The highest BCUT2D eigenvalue weighted by Crippen LogP contribution is 2.24. The van der Waals surface area contributed by atoms with Crippen LogP contribution in [0, 0.1) is 0 Å². The highest BCUT2D eigenvalue weighted by Gasteiger charge is 2.20. The molecule has 0 amide bonds. The van der Waals surface area contributed by atoms with Crippen molar-refractivity contribution >= 4 is 16.7 Å². The van der Waals surface area contributed by atoms with Gasteiger partial charge >= 0.3 is 0 Å². The summed E-state index contributed by atoms with van der Waals surface area (Å²) in [6, 6.07) is 10.5. The summed E-state index contributed by atoms with van der Waals surface area (Å²) >= 11 is 1.44. The molecular weight excluding hydrogens is 254 g/mol. The molecule has 0 atom stereocenters. The highest BCUT2D eigenvalue weighted by atomic mass is 32.1. The lowest BCUT2D eigenvalue weighted by Crippen LogP contribution is -2.27. The van der Waals surface area contributed by atoms with E-state index in [1.165, 1.54) is 17.1 Å². The first-order chi connectivity index (χ1) is 8.99. The van der Waals surface area contributed by atoms with Crippen LogP contribution in [-0.2, 0) is 5.41 Å². The number of benzene rings is 1. The molecule has 2 aromatic rings. The minimum absolute atomic E-state index is 0.0743. The Morgan fingerprint density at radius 2 is 1.89 bits per heavy atom. The van der Waals surface area contributed by atoms with Gasteiger partial charge in [-0.15, -0.1) is 0 Å². The molecule has 0 bridgehead atoms. The molecule has 0 fully saturated rings. The summed E-state index contributed by atoms with van der Waals surface area (Å²) in [5.74, 6) is 1.30. The van der Waals surface area contributed by atoms with Crippen LogP contribution in [0.4, 0.5) is 5.13 Å². The largest absolute Gasteiger partial charge is 0.359 e. The molecule has 0 radical (unpaired) electrons. The van der Waals surface area contributed by atoms with Crippen molar-refractivity contribution in [3.05, 3.63) is 41.7 Å². The smallest absolute Gasteiger partial charge is 0.202 e. The van der Waals surface area contributed by atoms with Crippen LogP contribution in [0.25, 0.3) is 0 Å². The molecule has 1 N–H and O–H groups in total. The van der Waals surface area contributed by atoms with Gasteiger partial charge in [0.05, 0.1) is 0 Å². The Kier molecular flexibility index (Phi) is 4.20. The molecule has 1 aromatic carbocycles. The number of anilines is 1. The zero-order chi connectivity index (χ0) is 13.9. The molecule has 4 heteroatoms. The van der Waals surface area contributed by atoms with E-state index >= 15 is 0 Å². The Bertz CT molecular complexity index is 517. The second kappa shape index (κ2) is 5.70. The molecule has 1 aromatic heterocycles. The Morgan fingerprint density at radius 3 is 2.47 bits per heavy atom. The van der Waals surface area contributed by atoms with Crippen molar-refractivity contribution in [2.75, 3.05) is 11.9 Å². The first-order valence-corrected chi connectivity index (χ1v) is 7.39. The van der Waals surface area contributed by atoms with Gasteiger partial charge in [0.25, 0.3) is 0 Å². The van der Waals surface area contributed by atoms with Gasteiger partial charge in [0.15, 0.2) is 0 Å². The summed E-state index contributed by atoms with van der Waals surface area (Å²) in [5, 5.41) is 4.31. The summed E-state index contributed by atoms with van der Waals surface area (Å²) in [6.45, 7) is 9.54. The molecule has 1 heterocycles. The van der Waals surface area contributed by atoms with Crippen LogP contribution in [0.1, 0.15) is 45.0 Å². The lowest BCUT2D eigenvalue weighted by molar-refractivity contribution is 0.557. The van der Waals surface area contributed by atoms with E-state index in [0.717, 1.165) is 17.5 Å². The van der Waals surface area contributed by atoms with Gasteiger partial charge in [-0.25, -0.2) is 4.98 Å². The van der Waals surface area contributed by atoms with E-state index in [1.54, 1.807) is 0 Å². The molecule has 2 rings (SSSR count). The van der Waals surface area contributed by atoms with Gasteiger partial charge in [0.1, 0.15) is 5.82 Å². The van der Waals surface area contributed by atoms with Crippen molar-refractivity contribution in [2.24, 2.45) is 0 Å². The van der Waals surface area contributed by atoms with Gasteiger partial charge in [0.2, 0.25) is 5.13 Å². The van der Waals surface area contributed by atoms with Crippen LogP contribution in [0.5, 0.6) is 0 Å². The summed E-state index contributed by atoms with van der Waals surface area (Å²) in [6.07, 6.45) is 0. The SMILES string of the molecule is CC(C)c1nsc(NCC(C)(C)c2ccccc2)n1. The van der Waals surface area contributed by atoms with Gasteiger partial charge in [-0.05, 0) is 5.56 Å². The van der Waals surface area contributed by atoms with Crippen LogP contribution in [0.2, 0.25) is 0 Å². The predicted molar refractivity (Wildman–Crippen MR) is 82.0 cm³/mol. The first kappa shape index (κ1) is 14.0. The molecule has 0 aliphatic carbocycles. The van der Waals surface area contributed by atoms with Gasteiger partial charge in [-0.1, -0.05) is 58.0 Å². The van der Waals surface area contributed by atoms with Crippen molar-refractivity contribution in [1.29, 1.82) is 0 Å². The summed E-state index contributed by atoms with van der Waals surface area (Å²) in [4.78, 5) is 4.50. The van der Waals surface area contributed by atoms with Crippen LogP contribution in [0.3, 0.4) is 0 Å². The van der Waals surface area contributed by atoms with E-state index in [1.807, 2.05) is 6.07 Å². The first-order valence-electron chi connectivity index (χ1n) is 6.62. The molecular formula is C15H21N3S. The van der Waals surface area contributed by atoms with Crippen LogP contribution in [-0.4, -0.2) is 15.9 Å². The van der Waals surface area contributed by atoms with Crippen LogP contribution < -0.4 is 5.32 Å². The van der Waals surface area contributed by atoms with Crippen molar-refractivity contribution in [3.63, 3.8) is 0 Å². The number of hydrogen-bond acceptors (Lipinski definition) is 4. The quantitative estimate of drug-likeness (QED) is 0.894. The minimum atomic E-state index is 0.0743. The van der Waals surface area contributed by atoms with E-state index in [4.69, 9.17) is 0 Å². The zero-order valence-corrected chi connectivity index (χ0v) is 12.8. The molecule has 102 valence electrons. The second-order valence-electron chi connectivity index (χ2n) is 5.72. The minimum Gasteiger partial charge on any atom is -0.359 e. The third-order valence-electron chi connectivity index (χ3n) is 3.19. The fourth-order valence-electron chi connectivity index (χ4n) is 1.83. The molecule has 0 spiro atoms. The zero-order valence-electron chi connectivity index (χ0n) is 12.0. The predicted octanol–water partition coefficient (Wildman–Crippen LogP) is 4.05. The summed E-state index contributed by atoms with van der Waals surface area (Å²) < 4.78 is 4.36. The monoisotopic (exact) mass is 275 g/mol. The fourth-order valence-corrected chi connectivity index (χ4v) is 2.53. The van der Waals surface area contributed by atoms with E-state index in [9.17, 15) is 0 Å². The topological polar surface area (TPSA) is 37.8 Å². The van der Waals surface area contributed by atoms with Gasteiger partial charge in [-0.3, -0.25) is 0 Å². The normalized spacial score (nSPS) is 11.8. The van der Waals surface area contributed by atoms with E-state index < -0.39 is 0 Å². The molecule has 19 heavy (non-hydrogen) atoms. The number of nitrogens with zero attached hydrogens (tertiary/aromatic N) is 2. The van der Waals surface area contributed by atoms with E-state index in [0.29, 0.717) is 5.92 Å². The van der Waals surface area contributed by atoms with Crippen LogP contribution >= 0.6 is 11.5 Å². The third kappa shape index (κ3) is 3.53. The maximum absolute atomic E-state index is 4.50. The second-order valence-corrected chi connectivity index (χ2v) is 6.47. The third-order valence-corrected chi connectivity index (χ3v) is 3.88. The average Bonchev–Trinajstić information content (AvgIpc) is 2.87. The Morgan fingerprint density at radius 1 is 1.21 bits per heavy atom. The van der Waals surface area contributed by atoms with Gasteiger partial charge in [0, 0.05) is 29.4 Å². The van der Waals surface area contributed by atoms with E-state index in [-0.39, 0.29) is 5.41 Å². The standard InChI is InChI=1S/C15H21N3S/c1-11(2)13-17-14(19-18-13)16-10-15(3,4)12-8-6-5-7-9-12/h5-9,11H,10H2,1-4H3,(H,16,17,18). The maximum atomic E-state index is 4.50. The summed E-state index contributed by atoms with van der Waals surface area (Å²) in [5.41, 5.74) is 1.40. The number of hydrogen-bond donors (Lipinski definition) is 1. The molecule has 0 saturated carbocycles. The maximum Gasteiger partial charge on any atom is 0.202 e. The van der Waals surface area contributed by atoms with Gasteiger partial charge < -0.3 is 5.32 Å². The number of nitrogens with one attached hydrogen (secondary N) is 1. The summed E-state index contributed by atoms with van der Waals surface area (Å²) in [7, 11) is 0. The van der Waals surface area contributed by atoms with Gasteiger partial charge in [-0.2, -0.15) is 4.37 Å². The van der Waals surface area contributed by atoms with Crippen molar-refractivity contribution in [2.45, 2.75) is 39.0 Å². The van der Waals surface area contributed by atoms with E-state index in [2.05, 4.69) is 66.6 Å². The molecule has 3 nitrogen and oxygen atoms in total. The Labute approximate surface area is 119 Å². The fraction of sp³-hybridized carbons (Fsp3) is 0.467. The molecule has 0 aliphatic rings. The lowest BCUT2D eigenvalue weighted by Gasteiger charge is -2.25. The van der Waals surface area contributed by atoms with Crippen LogP contribution in [0.15, 0.2) is 30.3 Å². The number of rotatable bonds is 5. The lowest BCUT2D eigenvalue weighted by atomic mass is 9.85. The van der Waals surface area contributed by atoms with Crippen molar-refractivity contribution in [3.8, 4) is 0 Å². The Hall–Kier alpha value is -1.42. The molecule has 0 aliphatic heterocycles. The van der Waals surface area contributed by atoms with Crippen molar-refractivity contribution < 1.29 is 0 Å². The molecule has 0 saturated heterocycles.